The molecule has 0 radical (unpaired) electrons. The highest BCUT2D eigenvalue weighted by Gasteiger charge is 2.05. The van der Waals surface area contributed by atoms with Crippen molar-refractivity contribution in [3.05, 3.63) is 42.6 Å². The van der Waals surface area contributed by atoms with Crippen molar-refractivity contribution in [3.63, 3.8) is 0 Å². The smallest absolute Gasteiger partial charge is 0.154 e. The molecule has 0 unspecified atom stereocenters. The molecule has 0 bridgehead atoms. The van der Waals surface area contributed by atoms with Crippen LogP contribution in [0.2, 0.25) is 0 Å². The monoisotopic (exact) mass is 267 g/mol. The Bertz CT molecular complexity index is 742. The van der Waals surface area contributed by atoms with E-state index >= 15 is 0 Å². The molecule has 0 amide bonds. The van der Waals surface area contributed by atoms with E-state index in [0.29, 0.717) is 17.5 Å². The molecule has 6 heteroatoms. The molecule has 0 aliphatic heterocycles. The summed E-state index contributed by atoms with van der Waals surface area (Å²) in [6.45, 7) is 0. The van der Waals surface area contributed by atoms with Crippen molar-refractivity contribution in [3.8, 4) is 5.75 Å². The third-order valence-corrected chi connectivity index (χ3v) is 2.90. The van der Waals surface area contributed by atoms with Crippen LogP contribution in [0.1, 0.15) is 0 Å². The number of rotatable bonds is 3. The maximum absolute atomic E-state index is 5.51. The number of fused-ring (bicyclic) bond motifs is 1. The van der Waals surface area contributed by atoms with Crippen LogP contribution >= 0.6 is 0 Å². The maximum atomic E-state index is 5.51. The van der Waals surface area contributed by atoms with E-state index in [4.69, 9.17) is 10.5 Å². The lowest BCUT2D eigenvalue weighted by atomic mass is 10.1. The van der Waals surface area contributed by atoms with Crippen LogP contribution in [0.25, 0.3) is 10.8 Å². The minimum absolute atomic E-state index is 0.378. The molecule has 2 aromatic heterocycles. The minimum atomic E-state index is 0.378. The standard InChI is InChI=1S/C14H13N5O/c1-20-10-3-2-9-6-7-16-14(11(9)8-10)17-13-5-4-12(15)18-19-13/h2-8H,1H3,(H2,15,18)(H,16,17,19). The SMILES string of the molecule is COc1ccc2ccnc(Nc3ccc(N)nn3)c2c1. The van der Waals surface area contributed by atoms with E-state index in [-0.39, 0.29) is 0 Å². The first-order valence-electron chi connectivity index (χ1n) is 6.05. The fourth-order valence-corrected chi connectivity index (χ4v) is 1.90. The van der Waals surface area contributed by atoms with Crippen LogP contribution < -0.4 is 15.8 Å². The second kappa shape index (κ2) is 5.00. The van der Waals surface area contributed by atoms with E-state index in [1.807, 2.05) is 24.3 Å². The van der Waals surface area contributed by atoms with Gasteiger partial charge in [0.25, 0.3) is 0 Å². The van der Waals surface area contributed by atoms with Crippen molar-refractivity contribution in [1.29, 1.82) is 0 Å². The lowest BCUT2D eigenvalue weighted by Gasteiger charge is -2.09. The Kier molecular flexibility index (Phi) is 3.04. The maximum Gasteiger partial charge on any atom is 0.154 e. The van der Waals surface area contributed by atoms with E-state index < -0.39 is 0 Å². The number of nitrogens with zero attached hydrogens (tertiary/aromatic N) is 3. The Hall–Kier alpha value is -2.89. The molecule has 6 nitrogen and oxygen atoms in total. The van der Waals surface area contributed by atoms with Crippen LogP contribution in [0.15, 0.2) is 42.6 Å². The number of nitrogen functional groups attached to an aromatic ring is 1. The highest BCUT2D eigenvalue weighted by Crippen LogP contribution is 2.27. The number of ether oxygens (including phenoxy) is 1. The first kappa shape index (κ1) is 12.2. The molecule has 20 heavy (non-hydrogen) atoms. The Morgan fingerprint density at radius 3 is 2.75 bits per heavy atom. The Balaban J connectivity index is 2.04. The van der Waals surface area contributed by atoms with Crippen molar-refractivity contribution in [2.75, 3.05) is 18.2 Å². The predicted octanol–water partition coefficient (Wildman–Crippen LogP) is 2.36. The summed E-state index contributed by atoms with van der Waals surface area (Å²) in [5, 5.41) is 12.9. The minimum Gasteiger partial charge on any atom is -0.497 e. The second-order valence-electron chi connectivity index (χ2n) is 4.22. The molecule has 2 heterocycles. The van der Waals surface area contributed by atoms with Gasteiger partial charge in [0, 0.05) is 11.6 Å². The third kappa shape index (κ3) is 2.31. The van der Waals surface area contributed by atoms with E-state index in [0.717, 1.165) is 16.5 Å². The highest BCUT2D eigenvalue weighted by atomic mass is 16.5. The predicted molar refractivity (Wildman–Crippen MR) is 78.0 cm³/mol. The van der Waals surface area contributed by atoms with Crippen molar-refractivity contribution < 1.29 is 4.74 Å². The molecule has 0 aliphatic carbocycles. The number of pyridine rings is 1. The highest BCUT2D eigenvalue weighted by molar-refractivity contribution is 5.93. The topological polar surface area (TPSA) is 86.0 Å². The van der Waals surface area contributed by atoms with Gasteiger partial charge in [0.1, 0.15) is 17.4 Å². The van der Waals surface area contributed by atoms with E-state index in [1.54, 1.807) is 25.4 Å². The zero-order chi connectivity index (χ0) is 13.9. The molecule has 0 aliphatic rings. The van der Waals surface area contributed by atoms with Gasteiger partial charge in [-0.1, -0.05) is 6.07 Å². The van der Waals surface area contributed by atoms with Crippen LogP contribution in [-0.2, 0) is 0 Å². The molecule has 100 valence electrons. The number of anilines is 3. The zero-order valence-corrected chi connectivity index (χ0v) is 10.9. The summed E-state index contributed by atoms with van der Waals surface area (Å²) in [7, 11) is 1.64. The summed E-state index contributed by atoms with van der Waals surface area (Å²) in [4.78, 5) is 4.33. The van der Waals surface area contributed by atoms with Gasteiger partial charge in [-0.25, -0.2) is 4.98 Å². The second-order valence-corrected chi connectivity index (χ2v) is 4.22. The fourth-order valence-electron chi connectivity index (χ4n) is 1.90. The Morgan fingerprint density at radius 2 is 2.00 bits per heavy atom. The van der Waals surface area contributed by atoms with Crippen LogP contribution in [0.4, 0.5) is 17.5 Å². The molecule has 0 spiro atoms. The number of nitrogens with one attached hydrogen (secondary N) is 1. The number of hydrogen-bond donors (Lipinski definition) is 2. The average Bonchev–Trinajstić information content (AvgIpc) is 2.49. The quantitative estimate of drug-likeness (QED) is 0.757. The lowest BCUT2D eigenvalue weighted by molar-refractivity contribution is 0.415. The first-order chi connectivity index (χ1) is 9.76. The van der Waals surface area contributed by atoms with E-state index in [9.17, 15) is 0 Å². The number of nitrogens with two attached hydrogens (primary N) is 1. The van der Waals surface area contributed by atoms with Crippen LogP contribution in [-0.4, -0.2) is 22.3 Å². The molecule has 1 aromatic carbocycles. The molecule has 3 aromatic rings. The molecule has 0 fully saturated rings. The van der Waals surface area contributed by atoms with Gasteiger partial charge in [0.15, 0.2) is 5.82 Å². The summed E-state index contributed by atoms with van der Waals surface area (Å²) in [6, 6.07) is 11.2. The van der Waals surface area contributed by atoms with Gasteiger partial charge in [-0.15, -0.1) is 10.2 Å². The van der Waals surface area contributed by atoms with Crippen molar-refractivity contribution in [2.45, 2.75) is 0 Å². The zero-order valence-electron chi connectivity index (χ0n) is 10.9. The van der Waals surface area contributed by atoms with Gasteiger partial charge in [0.2, 0.25) is 0 Å². The molecule has 0 atom stereocenters. The van der Waals surface area contributed by atoms with Crippen molar-refractivity contribution in [2.24, 2.45) is 0 Å². The van der Waals surface area contributed by atoms with Gasteiger partial charge >= 0.3 is 0 Å². The number of benzene rings is 1. The summed E-state index contributed by atoms with van der Waals surface area (Å²) >= 11 is 0. The fraction of sp³-hybridized carbons (Fsp3) is 0.0714. The molecule has 0 saturated carbocycles. The van der Waals surface area contributed by atoms with E-state index in [2.05, 4.69) is 20.5 Å². The normalized spacial score (nSPS) is 10.4. The van der Waals surface area contributed by atoms with E-state index in [1.165, 1.54) is 0 Å². The summed E-state index contributed by atoms with van der Waals surface area (Å²) < 4.78 is 5.24. The molecule has 3 rings (SSSR count). The van der Waals surface area contributed by atoms with Gasteiger partial charge < -0.3 is 15.8 Å². The number of hydrogen-bond acceptors (Lipinski definition) is 6. The third-order valence-electron chi connectivity index (χ3n) is 2.90. The van der Waals surface area contributed by atoms with Crippen molar-refractivity contribution in [1.82, 2.24) is 15.2 Å². The number of aromatic nitrogens is 3. The molecule has 3 N–H and O–H groups in total. The molecule has 0 saturated heterocycles. The van der Waals surface area contributed by atoms with Crippen LogP contribution in [0, 0.1) is 0 Å². The number of methoxy groups -OCH3 is 1. The van der Waals surface area contributed by atoms with Crippen molar-refractivity contribution >= 4 is 28.2 Å². The van der Waals surface area contributed by atoms with Gasteiger partial charge in [0.05, 0.1) is 7.11 Å². The summed E-state index contributed by atoms with van der Waals surface area (Å²) in [5.41, 5.74) is 5.51. The van der Waals surface area contributed by atoms with Gasteiger partial charge in [-0.05, 0) is 35.7 Å². The van der Waals surface area contributed by atoms with Gasteiger partial charge in [-0.3, -0.25) is 0 Å². The Labute approximate surface area is 115 Å². The lowest BCUT2D eigenvalue weighted by Crippen LogP contribution is -2.00. The average molecular weight is 267 g/mol. The van der Waals surface area contributed by atoms with Crippen LogP contribution in [0.3, 0.4) is 0 Å². The van der Waals surface area contributed by atoms with Crippen LogP contribution in [0.5, 0.6) is 5.75 Å². The molecular formula is C14H13N5O. The summed E-state index contributed by atoms with van der Waals surface area (Å²) in [6.07, 6.45) is 1.74. The largest absolute Gasteiger partial charge is 0.497 e. The Morgan fingerprint density at radius 1 is 1.10 bits per heavy atom. The molecular weight excluding hydrogens is 254 g/mol. The first-order valence-corrected chi connectivity index (χ1v) is 6.05. The van der Waals surface area contributed by atoms with Gasteiger partial charge in [-0.2, -0.15) is 0 Å². The summed E-state index contributed by atoms with van der Waals surface area (Å²) in [5.74, 6) is 2.43.